The highest BCUT2D eigenvalue weighted by molar-refractivity contribution is 5.85. The van der Waals surface area contributed by atoms with Gasteiger partial charge in [0.15, 0.2) is 11.5 Å². The Balaban J connectivity index is 0.00000312. The van der Waals surface area contributed by atoms with Gasteiger partial charge >= 0.3 is 0 Å². The zero-order chi connectivity index (χ0) is 17.4. The number of nitrogens with zero attached hydrogens (tertiary/aromatic N) is 1. The van der Waals surface area contributed by atoms with Gasteiger partial charge in [-0.3, -0.25) is 4.79 Å². The predicted octanol–water partition coefficient (Wildman–Crippen LogP) is 3.25. The second kappa shape index (κ2) is 11.2. The smallest absolute Gasteiger partial charge is 0.222 e. The number of hydrogen-bond donors (Lipinski definition) is 1. The van der Waals surface area contributed by atoms with Crippen LogP contribution >= 0.6 is 12.4 Å². The highest BCUT2D eigenvalue weighted by atomic mass is 35.5. The molecule has 1 aromatic carbocycles. The largest absolute Gasteiger partial charge is 0.490 e. The van der Waals surface area contributed by atoms with E-state index in [1.807, 2.05) is 43.0 Å². The van der Waals surface area contributed by atoms with Crippen molar-refractivity contribution in [2.24, 2.45) is 11.7 Å². The Morgan fingerprint density at radius 2 is 2.00 bits per heavy atom. The van der Waals surface area contributed by atoms with Gasteiger partial charge in [0, 0.05) is 25.6 Å². The molecule has 1 aromatic rings. The molecular weight excluding hydrogens is 340 g/mol. The number of halogens is 1. The number of ether oxygens (including phenoxy) is 2. The highest BCUT2D eigenvalue weighted by Crippen LogP contribution is 2.26. The molecule has 0 radical (unpaired) electrons. The quantitative estimate of drug-likeness (QED) is 0.713. The fourth-order valence-electron chi connectivity index (χ4n) is 3.07. The number of piperidine rings is 1. The van der Waals surface area contributed by atoms with Crippen LogP contribution in [0.25, 0.3) is 0 Å². The molecule has 0 spiro atoms. The van der Waals surface area contributed by atoms with Crippen LogP contribution in [0, 0.1) is 5.92 Å². The van der Waals surface area contributed by atoms with Crippen LogP contribution in [0.15, 0.2) is 24.3 Å². The normalized spacial score (nSPS) is 18.2. The van der Waals surface area contributed by atoms with Crippen LogP contribution in [-0.2, 0) is 4.79 Å². The van der Waals surface area contributed by atoms with Crippen LogP contribution in [-0.4, -0.2) is 43.2 Å². The van der Waals surface area contributed by atoms with E-state index >= 15 is 0 Å². The second-order valence-electron chi connectivity index (χ2n) is 6.43. The van der Waals surface area contributed by atoms with Crippen molar-refractivity contribution in [2.45, 2.75) is 45.6 Å². The Bertz CT molecular complexity index is 525. The molecule has 0 bridgehead atoms. The van der Waals surface area contributed by atoms with Gasteiger partial charge < -0.3 is 20.1 Å². The maximum atomic E-state index is 12.4. The molecule has 1 aliphatic rings. The first-order valence-corrected chi connectivity index (χ1v) is 8.99. The number of carbonyl (C=O) groups excluding carboxylic acids is 1. The van der Waals surface area contributed by atoms with Crippen LogP contribution in [0.5, 0.6) is 11.5 Å². The van der Waals surface area contributed by atoms with Crippen molar-refractivity contribution in [1.29, 1.82) is 0 Å². The summed E-state index contributed by atoms with van der Waals surface area (Å²) >= 11 is 0. The lowest BCUT2D eigenvalue weighted by molar-refractivity contribution is -0.133. The number of hydrogen-bond acceptors (Lipinski definition) is 4. The molecule has 5 nitrogen and oxygen atoms in total. The van der Waals surface area contributed by atoms with Crippen molar-refractivity contribution in [3.8, 4) is 11.5 Å². The van der Waals surface area contributed by atoms with E-state index in [1.165, 1.54) is 0 Å². The minimum Gasteiger partial charge on any atom is -0.490 e. The molecule has 6 heteroatoms. The minimum atomic E-state index is 0. The molecule has 142 valence electrons. The molecule has 2 N–H and O–H groups in total. The lowest BCUT2D eigenvalue weighted by Crippen LogP contribution is -2.45. The average Bonchev–Trinajstić information content (AvgIpc) is 2.60. The number of para-hydroxylation sites is 2. The van der Waals surface area contributed by atoms with Crippen molar-refractivity contribution in [3.05, 3.63) is 24.3 Å². The summed E-state index contributed by atoms with van der Waals surface area (Å²) in [6.45, 7) is 6.75. The van der Waals surface area contributed by atoms with E-state index in [-0.39, 0.29) is 24.4 Å². The van der Waals surface area contributed by atoms with Gasteiger partial charge in [-0.25, -0.2) is 0 Å². The number of carbonyl (C=O) groups is 1. The molecule has 2 atom stereocenters. The third-order valence-corrected chi connectivity index (χ3v) is 4.50. The molecule has 1 amide bonds. The minimum absolute atomic E-state index is 0. The van der Waals surface area contributed by atoms with Gasteiger partial charge in [-0.2, -0.15) is 0 Å². The number of benzene rings is 1. The Morgan fingerprint density at radius 1 is 1.32 bits per heavy atom. The van der Waals surface area contributed by atoms with Crippen LogP contribution in [0.3, 0.4) is 0 Å². The van der Waals surface area contributed by atoms with Crippen LogP contribution in [0.4, 0.5) is 0 Å². The first kappa shape index (κ1) is 21.6. The Morgan fingerprint density at radius 3 is 2.64 bits per heavy atom. The maximum absolute atomic E-state index is 12.4. The molecule has 25 heavy (non-hydrogen) atoms. The Kier molecular flexibility index (Phi) is 9.68. The van der Waals surface area contributed by atoms with E-state index in [2.05, 4.69) is 0 Å². The Hall–Kier alpha value is -1.46. The lowest BCUT2D eigenvalue weighted by atomic mass is 9.92. The van der Waals surface area contributed by atoms with Crippen LogP contribution in [0.1, 0.15) is 39.5 Å². The number of likely N-dealkylation sites (tertiary alicyclic amines) is 1. The summed E-state index contributed by atoms with van der Waals surface area (Å²) in [6.07, 6.45) is 3.40. The summed E-state index contributed by atoms with van der Waals surface area (Å²) in [5, 5.41) is 0. The molecule has 0 saturated carbocycles. The summed E-state index contributed by atoms with van der Waals surface area (Å²) in [7, 11) is 0. The van der Waals surface area contributed by atoms with Crippen molar-refractivity contribution in [3.63, 3.8) is 0 Å². The maximum Gasteiger partial charge on any atom is 0.222 e. The average molecular weight is 371 g/mol. The fraction of sp³-hybridized carbons (Fsp3) is 0.632. The van der Waals surface area contributed by atoms with Crippen LogP contribution in [0.2, 0.25) is 0 Å². The number of rotatable bonds is 8. The molecule has 2 rings (SSSR count). The highest BCUT2D eigenvalue weighted by Gasteiger charge is 2.25. The van der Waals surface area contributed by atoms with E-state index < -0.39 is 0 Å². The van der Waals surface area contributed by atoms with Crippen molar-refractivity contribution >= 4 is 18.3 Å². The summed E-state index contributed by atoms with van der Waals surface area (Å²) in [5.41, 5.74) is 5.98. The molecule has 1 saturated heterocycles. The molecule has 0 aromatic heterocycles. The van der Waals surface area contributed by atoms with Crippen molar-refractivity contribution in [1.82, 2.24) is 4.90 Å². The molecule has 2 unspecified atom stereocenters. The lowest BCUT2D eigenvalue weighted by Gasteiger charge is -2.34. The summed E-state index contributed by atoms with van der Waals surface area (Å²) < 4.78 is 11.3. The van der Waals surface area contributed by atoms with E-state index in [4.69, 9.17) is 15.2 Å². The summed E-state index contributed by atoms with van der Waals surface area (Å²) in [4.78, 5) is 14.3. The van der Waals surface area contributed by atoms with E-state index in [0.29, 0.717) is 32.0 Å². The molecular formula is C19H31ClN2O3. The van der Waals surface area contributed by atoms with Crippen molar-refractivity contribution < 1.29 is 14.3 Å². The standard InChI is InChI=1S/C19H30N2O3.ClH/c1-3-23-17-9-4-5-10-18(17)24-13-7-11-19(22)21-12-6-8-16(14-21)15(2)20;/h4-5,9-10,15-16H,3,6-8,11-14,20H2,1-2H3;1H. The van der Waals surface area contributed by atoms with E-state index in [0.717, 1.165) is 37.4 Å². The summed E-state index contributed by atoms with van der Waals surface area (Å²) in [6, 6.07) is 7.78. The number of amides is 1. The van der Waals surface area contributed by atoms with Gasteiger partial charge in [0.25, 0.3) is 0 Å². The van der Waals surface area contributed by atoms with Gasteiger partial charge in [-0.15, -0.1) is 12.4 Å². The van der Waals surface area contributed by atoms with Gasteiger partial charge in [-0.05, 0) is 51.2 Å². The third-order valence-electron chi connectivity index (χ3n) is 4.50. The molecule has 1 heterocycles. The van der Waals surface area contributed by atoms with Gasteiger partial charge in [0.1, 0.15) is 0 Å². The summed E-state index contributed by atoms with van der Waals surface area (Å²) in [5.74, 6) is 2.13. The number of nitrogens with two attached hydrogens (primary N) is 1. The monoisotopic (exact) mass is 370 g/mol. The first-order chi connectivity index (χ1) is 11.6. The zero-order valence-electron chi connectivity index (χ0n) is 15.3. The topological polar surface area (TPSA) is 64.8 Å². The van der Waals surface area contributed by atoms with E-state index in [9.17, 15) is 4.79 Å². The molecule has 1 aliphatic heterocycles. The molecule has 1 fully saturated rings. The first-order valence-electron chi connectivity index (χ1n) is 8.99. The SMILES string of the molecule is CCOc1ccccc1OCCCC(=O)N1CCCC(C(C)N)C1.Cl. The van der Waals surface area contributed by atoms with E-state index in [1.54, 1.807) is 0 Å². The Labute approximate surface area is 157 Å². The molecule has 0 aliphatic carbocycles. The fourth-order valence-corrected chi connectivity index (χ4v) is 3.07. The second-order valence-corrected chi connectivity index (χ2v) is 6.43. The van der Waals surface area contributed by atoms with Crippen molar-refractivity contribution in [2.75, 3.05) is 26.3 Å². The zero-order valence-corrected chi connectivity index (χ0v) is 16.1. The van der Waals surface area contributed by atoms with Crippen LogP contribution < -0.4 is 15.2 Å². The van der Waals surface area contributed by atoms with Gasteiger partial charge in [0.2, 0.25) is 5.91 Å². The predicted molar refractivity (Wildman–Crippen MR) is 103 cm³/mol. The third kappa shape index (κ3) is 6.75. The van der Waals surface area contributed by atoms with Gasteiger partial charge in [0.05, 0.1) is 13.2 Å². The van der Waals surface area contributed by atoms with Gasteiger partial charge in [-0.1, -0.05) is 12.1 Å².